The molecule has 0 bridgehead atoms. The van der Waals surface area contributed by atoms with Crippen molar-refractivity contribution in [3.63, 3.8) is 0 Å². The number of rotatable bonds is 6. The van der Waals surface area contributed by atoms with E-state index in [0.29, 0.717) is 17.5 Å². The van der Waals surface area contributed by atoms with Gasteiger partial charge in [-0.05, 0) is 24.8 Å². The molecule has 4 nitrogen and oxygen atoms in total. The van der Waals surface area contributed by atoms with Crippen LogP contribution in [-0.2, 0) is 9.59 Å². The van der Waals surface area contributed by atoms with Crippen molar-refractivity contribution >= 4 is 23.6 Å². The zero-order chi connectivity index (χ0) is 16.7. The molecule has 1 saturated heterocycles. The molecule has 1 N–H and O–H groups in total. The molecule has 1 aromatic carbocycles. The van der Waals surface area contributed by atoms with Crippen LogP contribution in [-0.4, -0.2) is 41.6 Å². The Hall–Kier alpha value is -1.49. The Kier molecular flexibility index (Phi) is 6.96. The van der Waals surface area contributed by atoms with E-state index in [2.05, 4.69) is 24.4 Å². The summed E-state index contributed by atoms with van der Waals surface area (Å²) in [5, 5.41) is 3.29. The maximum absolute atomic E-state index is 12.5. The Labute approximate surface area is 143 Å². The van der Waals surface area contributed by atoms with Gasteiger partial charge in [0.1, 0.15) is 0 Å². The fourth-order valence-electron chi connectivity index (χ4n) is 2.99. The molecule has 2 atom stereocenters. The zero-order valence-electron chi connectivity index (χ0n) is 14.0. The molecule has 2 rings (SSSR count). The number of nitrogens with one attached hydrogen (secondary N) is 1. The first-order chi connectivity index (χ1) is 11.1. The molecule has 1 heterocycles. The Morgan fingerprint density at radius 2 is 2.09 bits per heavy atom. The fraction of sp³-hybridized carbons (Fsp3) is 0.556. The van der Waals surface area contributed by atoms with E-state index in [9.17, 15) is 9.59 Å². The van der Waals surface area contributed by atoms with Crippen LogP contribution in [0.3, 0.4) is 0 Å². The van der Waals surface area contributed by atoms with Crippen molar-refractivity contribution in [3.8, 4) is 0 Å². The Bertz CT molecular complexity index is 521. The van der Waals surface area contributed by atoms with Gasteiger partial charge in [0.2, 0.25) is 11.8 Å². The molecular weight excluding hydrogens is 308 g/mol. The summed E-state index contributed by atoms with van der Waals surface area (Å²) < 4.78 is 0. The van der Waals surface area contributed by atoms with E-state index in [4.69, 9.17) is 0 Å². The van der Waals surface area contributed by atoms with E-state index in [0.717, 1.165) is 25.8 Å². The lowest BCUT2D eigenvalue weighted by atomic mass is 10.1. The Morgan fingerprint density at radius 1 is 1.35 bits per heavy atom. The van der Waals surface area contributed by atoms with Gasteiger partial charge in [-0.1, -0.05) is 37.3 Å². The van der Waals surface area contributed by atoms with Gasteiger partial charge in [-0.3, -0.25) is 9.59 Å². The van der Waals surface area contributed by atoms with Crippen LogP contribution in [0.4, 0.5) is 0 Å². The quantitative estimate of drug-likeness (QED) is 0.870. The molecular formula is C18H26N2O2S. The molecule has 0 unspecified atom stereocenters. The number of piperidine rings is 1. The summed E-state index contributed by atoms with van der Waals surface area (Å²) >= 11 is 1.71. The monoisotopic (exact) mass is 334 g/mol. The average Bonchev–Trinajstić information content (AvgIpc) is 2.56. The van der Waals surface area contributed by atoms with Crippen LogP contribution < -0.4 is 5.32 Å². The third-order valence-electron chi connectivity index (χ3n) is 4.13. The highest BCUT2D eigenvalue weighted by Crippen LogP contribution is 2.31. The summed E-state index contributed by atoms with van der Waals surface area (Å²) in [6.07, 6.45) is 2.92. The molecule has 0 aromatic heterocycles. The van der Waals surface area contributed by atoms with E-state index < -0.39 is 0 Å². The van der Waals surface area contributed by atoms with Crippen molar-refractivity contribution in [1.82, 2.24) is 10.2 Å². The van der Waals surface area contributed by atoms with Gasteiger partial charge in [0.15, 0.2) is 0 Å². The number of amides is 2. The van der Waals surface area contributed by atoms with Crippen molar-refractivity contribution in [2.24, 2.45) is 0 Å². The zero-order valence-corrected chi connectivity index (χ0v) is 14.8. The second-order valence-electron chi connectivity index (χ2n) is 6.00. The van der Waals surface area contributed by atoms with E-state index in [1.807, 2.05) is 23.1 Å². The standard InChI is InChI=1S/C18H26N2O2S/c1-3-17(15-8-5-4-6-9-15)23-13-18(22)20-11-7-10-16(12-20)19-14(2)21/h4-6,8-9,16-17H,3,7,10-13H2,1-2H3,(H,19,21)/t16-,17+/m0/s1. The summed E-state index contributed by atoms with van der Waals surface area (Å²) in [4.78, 5) is 25.6. The molecule has 1 aromatic rings. The van der Waals surface area contributed by atoms with E-state index in [1.165, 1.54) is 12.5 Å². The first-order valence-electron chi connectivity index (χ1n) is 8.31. The normalized spacial score (nSPS) is 19.2. The minimum Gasteiger partial charge on any atom is -0.352 e. The molecule has 1 aliphatic rings. The van der Waals surface area contributed by atoms with E-state index in [1.54, 1.807) is 11.8 Å². The Balaban J connectivity index is 1.85. The molecule has 2 amide bonds. The second-order valence-corrected chi connectivity index (χ2v) is 7.19. The summed E-state index contributed by atoms with van der Waals surface area (Å²) in [6, 6.07) is 10.5. The van der Waals surface area contributed by atoms with Crippen molar-refractivity contribution in [2.45, 2.75) is 44.4 Å². The maximum Gasteiger partial charge on any atom is 0.232 e. The van der Waals surface area contributed by atoms with Crippen LogP contribution in [0, 0.1) is 0 Å². The van der Waals surface area contributed by atoms with Crippen LogP contribution in [0.25, 0.3) is 0 Å². The summed E-state index contributed by atoms with van der Waals surface area (Å²) in [6.45, 7) is 5.13. The molecule has 5 heteroatoms. The lowest BCUT2D eigenvalue weighted by Crippen LogP contribution is -2.49. The van der Waals surface area contributed by atoms with Crippen LogP contribution in [0.1, 0.15) is 43.9 Å². The van der Waals surface area contributed by atoms with Crippen molar-refractivity contribution < 1.29 is 9.59 Å². The highest BCUT2D eigenvalue weighted by Gasteiger charge is 2.24. The topological polar surface area (TPSA) is 49.4 Å². The number of hydrogen-bond acceptors (Lipinski definition) is 3. The fourth-order valence-corrected chi connectivity index (χ4v) is 4.10. The molecule has 1 aliphatic heterocycles. The highest BCUT2D eigenvalue weighted by atomic mass is 32.2. The number of hydrogen-bond donors (Lipinski definition) is 1. The average molecular weight is 334 g/mol. The van der Waals surface area contributed by atoms with Crippen LogP contribution in [0.2, 0.25) is 0 Å². The SMILES string of the molecule is CC[C@@H](SCC(=O)N1CCC[C@H](NC(C)=O)C1)c1ccccc1. The highest BCUT2D eigenvalue weighted by molar-refractivity contribution is 8.00. The lowest BCUT2D eigenvalue weighted by molar-refractivity contribution is -0.130. The summed E-state index contributed by atoms with van der Waals surface area (Å²) in [7, 11) is 0. The second kappa shape index (κ2) is 8.96. The third-order valence-corrected chi connectivity index (χ3v) is 5.55. The predicted molar refractivity (Wildman–Crippen MR) is 95.4 cm³/mol. The molecule has 0 radical (unpaired) electrons. The molecule has 0 saturated carbocycles. The van der Waals surface area contributed by atoms with Crippen LogP contribution in [0.5, 0.6) is 0 Å². The minimum atomic E-state index is -0.0196. The van der Waals surface area contributed by atoms with E-state index >= 15 is 0 Å². The number of carbonyl (C=O) groups is 2. The number of thioether (sulfide) groups is 1. The molecule has 0 aliphatic carbocycles. The first-order valence-corrected chi connectivity index (χ1v) is 9.36. The van der Waals surface area contributed by atoms with Crippen molar-refractivity contribution in [3.05, 3.63) is 35.9 Å². The minimum absolute atomic E-state index is 0.0196. The Morgan fingerprint density at radius 3 is 2.74 bits per heavy atom. The van der Waals surface area contributed by atoms with Gasteiger partial charge >= 0.3 is 0 Å². The molecule has 23 heavy (non-hydrogen) atoms. The smallest absolute Gasteiger partial charge is 0.232 e. The molecule has 126 valence electrons. The maximum atomic E-state index is 12.5. The van der Waals surface area contributed by atoms with Gasteiger partial charge < -0.3 is 10.2 Å². The number of benzene rings is 1. The predicted octanol–water partition coefficient (Wildman–Crippen LogP) is 3.00. The van der Waals surface area contributed by atoms with Gasteiger partial charge in [0, 0.05) is 31.3 Å². The largest absolute Gasteiger partial charge is 0.352 e. The number of likely N-dealkylation sites (tertiary alicyclic amines) is 1. The van der Waals surface area contributed by atoms with Gasteiger partial charge in [0.05, 0.1) is 5.75 Å². The molecule has 0 spiro atoms. The third kappa shape index (κ3) is 5.57. The van der Waals surface area contributed by atoms with Gasteiger partial charge in [-0.15, -0.1) is 11.8 Å². The number of nitrogens with zero attached hydrogens (tertiary/aromatic N) is 1. The van der Waals surface area contributed by atoms with Crippen LogP contribution in [0.15, 0.2) is 30.3 Å². The van der Waals surface area contributed by atoms with Crippen LogP contribution >= 0.6 is 11.8 Å². The van der Waals surface area contributed by atoms with Crippen molar-refractivity contribution in [2.75, 3.05) is 18.8 Å². The van der Waals surface area contributed by atoms with Gasteiger partial charge in [-0.25, -0.2) is 0 Å². The first kappa shape index (κ1) is 17.9. The van der Waals surface area contributed by atoms with Gasteiger partial charge in [0.25, 0.3) is 0 Å². The number of carbonyl (C=O) groups excluding carboxylic acids is 2. The lowest BCUT2D eigenvalue weighted by Gasteiger charge is -2.33. The van der Waals surface area contributed by atoms with E-state index in [-0.39, 0.29) is 17.9 Å². The van der Waals surface area contributed by atoms with Crippen molar-refractivity contribution in [1.29, 1.82) is 0 Å². The van der Waals surface area contributed by atoms with Gasteiger partial charge in [-0.2, -0.15) is 0 Å². The summed E-state index contributed by atoms with van der Waals surface area (Å²) in [5.41, 5.74) is 1.28. The molecule has 1 fully saturated rings. The summed E-state index contributed by atoms with van der Waals surface area (Å²) in [5.74, 6) is 0.661.